The fourth-order valence-corrected chi connectivity index (χ4v) is 3.12. The lowest BCUT2D eigenvalue weighted by Gasteiger charge is -2.34. The molecule has 0 bridgehead atoms. The first-order valence-electron chi connectivity index (χ1n) is 7.63. The third-order valence-electron chi connectivity index (χ3n) is 4.33. The molecule has 1 aromatic heterocycles. The molecule has 132 valence electrons. The number of nitrogens with two attached hydrogens (primary N) is 1. The van der Waals surface area contributed by atoms with Crippen LogP contribution in [0.4, 0.5) is 8.78 Å². The average Bonchev–Trinajstić information content (AvgIpc) is 3.04. The van der Waals surface area contributed by atoms with E-state index in [9.17, 15) is 13.6 Å². The number of rotatable bonds is 3. The number of primary amides is 1. The summed E-state index contributed by atoms with van der Waals surface area (Å²) in [5, 5.41) is 8.11. The van der Waals surface area contributed by atoms with E-state index in [1.54, 1.807) is 6.07 Å². The van der Waals surface area contributed by atoms with Crippen LogP contribution in [0.2, 0.25) is 0 Å². The molecule has 1 unspecified atom stereocenters. The number of aromatic nitrogens is 3. The second-order valence-electron chi connectivity index (χ2n) is 6.05. The Hall–Kier alpha value is -2.75. The van der Waals surface area contributed by atoms with Crippen LogP contribution in [0.5, 0.6) is 11.5 Å². The maximum Gasteiger partial charge on any atom is 0.586 e. The molecule has 0 saturated heterocycles. The lowest BCUT2D eigenvalue weighted by molar-refractivity contribution is -0.286. The number of hydrogen-bond acceptors (Lipinski definition) is 6. The summed E-state index contributed by atoms with van der Waals surface area (Å²) < 4.78 is 37.0. The summed E-state index contributed by atoms with van der Waals surface area (Å²) in [5.41, 5.74) is 6.23. The summed E-state index contributed by atoms with van der Waals surface area (Å²) in [4.78, 5) is 13.7. The van der Waals surface area contributed by atoms with Gasteiger partial charge in [0.1, 0.15) is 17.7 Å². The quantitative estimate of drug-likeness (QED) is 0.878. The zero-order valence-corrected chi connectivity index (χ0v) is 13.3. The van der Waals surface area contributed by atoms with Gasteiger partial charge in [0, 0.05) is 6.54 Å². The predicted octanol–water partition coefficient (Wildman–Crippen LogP) is 0.778. The van der Waals surface area contributed by atoms with Crippen molar-refractivity contribution in [1.29, 1.82) is 0 Å². The molecular weight excluding hydrogens is 336 g/mol. The minimum Gasteiger partial charge on any atom is -0.395 e. The third-order valence-corrected chi connectivity index (χ3v) is 4.33. The Morgan fingerprint density at radius 1 is 1.36 bits per heavy atom. The van der Waals surface area contributed by atoms with Crippen LogP contribution in [-0.4, -0.2) is 37.9 Å². The van der Waals surface area contributed by atoms with Crippen molar-refractivity contribution in [3.05, 3.63) is 35.4 Å². The number of ether oxygens (including phenoxy) is 2. The molecule has 1 aromatic carbocycles. The van der Waals surface area contributed by atoms with Gasteiger partial charge in [0.15, 0.2) is 11.5 Å². The van der Waals surface area contributed by atoms with Crippen molar-refractivity contribution >= 4 is 5.91 Å². The predicted molar refractivity (Wildman–Crippen MR) is 79.6 cm³/mol. The molecule has 2 N–H and O–H groups in total. The van der Waals surface area contributed by atoms with Crippen molar-refractivity contribution in [2.24, 2.45) is 5.73 Å². The normalized spacial score (nSPS) is 21.2. The van der Waals surface area contributed by atoms with Crippen molar-refractivity contribution in [2.45, 2.75) is 38.9 Å². The number of aryl methyl sites for hydroxylation is 1. The lowest BCUT2D eigenvalue weighted by Crippen LogP contribution is -2.50. The van der Waals surface area contributed by atoms with Gasteiger partial charge in [0.2, 0.25) is 5.91 Å². The summed E-state index contributed by atoms with van der Waals surface area (Å²) in [6, 6.07) is 3.99. The van der Waals surface area contributed by atoms with Gasteiger partial charge < -0.3 is 19.8 Å². The summed E-state index contributed by atoms with van der Waals surface area (Å²) in [6.45, 7) is 2.86. The molecule has 25 heavy (non-hydrogen) atoms. The molecule has 3 heterocycles. The van der Waals surface area contributed by atoms with Gasteiger partial charge in [-0.2, -0.15) is 0 Å². The molecule has 0 radical (unpaired) electrons. The zero-order chi connectivity index (χ0) is 17.8. The minimum absolute atomic E-state index is 0.0192. The maximum atomic E-state index is 13.1. The number of amides is 1. The monoisotopic (exact) mass is 351 g/mol. The van der Waals surface area contributed by atoms with Gasteiger partial charge in [0.25, 0.3) is 0 Å². The van der Waals surface area contributed by atoms with Crippen LogP contribution in [0.15, 0.2) is 18.2 Å². The van der Waals surface area contributed by atoms with Crippen molar-refractivity contribution in [1.82, 2.24) is 19.7 Å². The SMILES string of the molecule is Cc1nnc2n1CC(C(N)=O)N(Cc1ccc3c(c1)OC(F)(F)O3)C2. The van der Waals surface area contributed by atoms with Gasteiger partial charge in [-0.25, -0.2) is 0 Å². The van der Waals surface area contributed by atoms with Crippen molar-refractivity contribution in [2.75, 3.05) is 0 Å². The van der Waals surface area contributed by atoms with Crippen LogP contribution in [0, 0.1) is 6.92 Å². The Balaban J connectivity index is 1.59. The van der Waals surface area contributed by atoms with E-state index >= 15 is 0 Å². The Labute approximate surface area is 141 Å². The average molecular weight is 351 g/mol. The molecule has 10 heteroatoms. The summed E-state index contributed by atoms with van der Waals surface area (Å²) in [5.74, 6) is 0.919. The van der Waals surface area contributed by atoms with Crippen molar-refractivity contribution < 1.29 is 23.0 Å². The number of hydrogen-bond donors (Lipinski definition) is 1. The van der Waals surface area contributed by atoms with E-state index < -0.39 is 18.2 Å². The minimum atomic E-state index is -3.66. The second-order valence-corrected chi connectivity index (χ2v) is 6.05. The molecular formula is C15H15F2N5O3. The smallest absolute Gasteiger partial charge is 0.395 e. The summed E-state index contributed by atoms with van der Waals surface area (Å²) in [7, 11) is 0. The van der Waals surface area contributed by atoms with Crippen molar-refractivity contribution in [3.8, 4) is 11.5 Å². The molecule has 0 spiro atoms. The van der Waals surface area contributed by atoms with Crippen LogP contribution in [0.1, 0.15) is 17.2 Å². The number of fused-ring (bicyclic) bond motifs is 2. The van der Waals surface area contributed by atoms with Crippen LogP contribution in [0.3, 0.4) is 0 Å². The lowest BCUT2D eigenvalue weighted by atomic mass is 10.1. The van der Waals surface area contributed by atoms with E-state index in [-0.39, 0.29) is 11.5 Å². The molecule has 8 nitrogen and oxygen atoms in total. The molecule has 4 rings (SSSR count). The Morgan fingerprint density at radius 2 is 2.12 bits per heavy atom. The van der Waals surface area contributed by atoms with E-state index in [1.165, 1.54) is 12.1 Å². The molecule has 0 aliphatic carbocycles. The molecule has 2 aliphatic rings. The van der Waals surface area contributed by atoms with E-state index in [0.717, 1.165) is 5.82 Å². The van der Waals surface area contributed by atoms with Crippen molar-refractivity contribution in [3.63, 3.8) is 0 Å². The second kappa shape index (κ2) is 5.38. The highest BCUT2D eigenvalue weighted by atomic mass is 19.3. The number of alkyl halides is 2. The Kier molecular flexibility index (Phi) is 3.39. The van der Waals surface area contributed by atoms with Gasteiger partial charge in [-0.05, 0) is 24.6 Å². The number of halogens is 2. The van der Waals surface area contributed by atoms with E-state index in [1.807, 2.05) is 16.4 Å². The molecule has 1 atom stereocenters. The molecule has 1 amide bonds. The van der Waals surface area contributed by atoms with Gasteiger partial charge in [0.05, 0.1) is 13.1 Å². The van der Waals surface area contributed by atoms with E-state index in [4.69, 9.17) is 5.73 Å². The van der Waals surface area contributed by atoms with Crippen LogP contribution < -0.4 is 15.2 Å². The Morgan fingerprint density at radius 3 is 2.88 bits per heavy atom. The number of carbonyl (C=O) groups excluding carboxylic acids is 1. The largest absolute Gasteiger partial charge is 0.586 e. The third kappa shape index (κ3) is 2.78. The summed E-state index contributed by atoms with van der Waals surface area (Å²) in [6.07, 6.45) is -3.66. The molecule has 0 saturated carbocycles. The standard InChI is InChI=1S/C15H15F2N5O3/c1-8-19-20-13-7-21(10(14(18)23)6-22(8)13)5-9-2-3-11-12(4-9)25-15(16,17)24-11/h2-4,10H,5-7H2,1H3,(H2,18,23). The first-order valence-corrected chi connectivity index (χ1v) is 7.63. The van der Waals surface area contributed by atoms with E-state index in [2.05, 4.69) is 19.7 Å². The van der Waals surface area contributed by atoms with Gasteiger partial charge in [-0.1, -0.05) is 6.07 Å². The molecule has 0 fully saturated rings. The maximum absolute atomic E-state index is 13.1. The fraction of sp³-hybridized carbons (Fsp3) is 0.400. The number of nitrogens with zero attached hydrogens (tertiary/aromatic N) is 4. The zero-order valence-electron chi connectivity index (χ0n) is 13.3. The first-order chi connectivity index (χ1) is 11.8. The molecule has 2 aromatic rings. The van der Waals surface area contributed by atoms with Gasteiger partial charge in [-0.3, -0.25) is 9.69 Å². The fourth-order valence-electron chi connectivity index (χ4n) is 3.12. The van der Waals surface area contributed by atoms with Crippen LogP contribution in [-0.2, 0) is 24.4 Å². The first kappa shape index (κ1) is 15.8. The Bertz CT molecular complexity index is 854. The van der Waals surface area contributed by atoms with Gasteiger partial charge in [-0.15, -0.1) is 19.0 Å². The molecule has 2 aliphatic heterocycles. The van der Waals surface area contributed by atoms with Crippen LogP contribution >= 0.6 is 0 Å². The topological polar surface area (TPSA) is 95.5 Å². The van der Waals surface area contributed by atoms with Crippen LogP contribution in [0.25, 0.3) is 0 Å². The van der Waals surface area contributed by atoms with Gasteiger partial charge >= 0.3 is 6.29 Å². The number of benzene rings is 1. The summed E-state index contributed by atoms with van der Waals surface area (Å²) >= 11 is 0. The highest BCUT2D eigenvalue weighted by molar-refractivity contribution is 5.80. The number of carbonyl (C=O) groups is 1. The highest BCUT2D eigenvalue weighted by Gasteiger charge is 2.43. The van der Waals surface area contributed by atoms with E-state index in [0.29, 0.717) is 31.0 Å². The highest BCUT2D eigenvalue weighted by Crippen LogP contribution is 2.41.